The Morgan fingerprint density at radius 2 is 1.61 bits per heavy atom. The maximum absolute atomic E-state index is 13.0. The molecule has 0 saturated carbocycles. The molecule has 0 saturated heterocycles. The van der Waals surface area contributed by atoms with Crippen molar-refractivity contribution in [3.63, 3.8) is 0 Å². The topological polar surface area (TPSA) is 82.5 Å². The highest BCUT2D eigenvalue weighted by Gasteiger charge is 2.21. The van der Waals surface area contributed by atoms with E-state index < -0.39 is 6.04 Å². The van der Waals surface area contributed by atoms with E-state index in [1.807, 2.05) is 54.0 Å². The predicted molar refractivity (Wildman–Crippen MR) is 126 cm³/mol. The van der Waals surface area contributed by atoms with Crippen LogP contribution in [0.4, 0.5) is 0 Å². The molecule has 1 atom stereocenters. The highest BCUT2D eigenvalue weighted by Crippen LogP contribution is 2.28. The number of hydrogen-bond acceptors (Lipinski definition) is 5. The van der Waals surface area contributed by atoms with Gasteiger partial charge >= 0.3 is 0 Å². The molecule has 0 radical (unpaired) electrons. The first-order chi connectivity index (χ1) is 16.0. The SMILES string of the molecule is COc1ccc(C(=O)NC(C)c2nc3ccccc3n2CC(=O)c2ccccc2)cc1OC. The zero-order valence-corrected chi connectivity index (χ0v) is 18.7. The second-order valence-electron chi connectivity index (χ2n) is 7.60. The van der Waals surface area contributed by atoms with Crippen LogP contribution in [0.2, 0.25) is 0 Å². The summed E-state index contributed by atoms with van der Waals surface area (Å²) < 4.78 is 12.4. The van der Waals surface area contributed by atoms with E-state index in [0.717, 1.165) is 11.0 Å². The number of rotatable bonds is 8. The van der Waals surface area contributed by atoms with Crippen molar-refractivity contribution in [1.82, 2.24) is 14.9 Å². The monoisotopic (exact) mass is 443 g/mol. The molecule has 1 amide bonds. The number of carbonyl (C=O) groups is 2. The van der Waals surface area contributed by atoms with Crippen molar-refractivity contribution in [3.8, 4) is 11.5 Å². The van der Waals surface area contributed by atoms with Gasteiger partial charge in [0, 0.05) is 11.1 Å². The summed E-state index contributed by atoms with van der Waals surface area (Å²) in [5.41, 5.74) is 2.66. The Hall–Kier alpha value is -4.13. The van der Waals surface area contributed by atoms with Gasteiger partial charge in [0.1, 0.15) is 5.82 Å². The molecule has 4 aromatic rings. The molecule has 4 rings (SSSR count). The summed E-state index contributed by atoms with van der Waals surface area (Å²) in [6, 6.07) is 21.3. The van der Waals surface area contributed by atoms with Gasteiger partial charge in [-0.05, 0) is 37.3 Å². The Morgan fingerprint density at radius 3 is 2.33 bits per heavy atom. The number of nitrogens with zero attached hydrogens (tertiary/aromatic N) is 2. The van der Waals surface area contributed by atoms with Gasteiger partial charge in [0.05, 0.1) is 37.8 Å². The van der Waals surface area contributed by atoms with Crippen LogP contribution in [0.5, 0.6) is 11.5 Å². The number of methoxy groups -OCH3 is 2. The van der Waals surface area contributed by atoms with Gasteiger partial charge in [0.15, 0.2) is 17.3 Å². The Bertz CT molecular complexity index is 1300. The third-order valence-corrected chi connectivity index (χ3v) is 5.46. The molecule has 7 nitrogen and oxygen atoms in total. The molecule has 0 spiro atoms. The molecule has 33 heavy (non-hydrogen) atoms. The van der Waals surface area contributed by atoms with Gasteiger partial charge in [-0.15, -0.1) is 0 Å². The lowest BCUT2D eigenvalue weighted by Gasteiger charge is -2.17. The maximum Gasteiger partial charge on any atom is 0.251 e. The fraction of sp³-hybridized carbons (Fsp3) is 0.192. The number of aromatic nitrogens is 2. The molecule has 7 heteroatoms. The van der Waals surface area contributed by atoms with Crippen LogP contribution in [0.25, 0.3) is 11.0 Å². The van der Waals surface area contributed by atoms with E-state index in [1.165, 1.54) is 7.11 Å². The minimum absolute atomic E-state index is 0.0292. The zero-order chi connectivity index (χ0) is 23.4. The Kier molecular flexibility index (Phi) is 6.40. The number of amides is 1. The highest BCUT2D eigenvalue weighted by atomic mass is 16.5. The number of para-hydroxylation sites is 2. The number of imidazole rings is 1. The van der Waals surface area contributed by atoms with Crippen LogP contribution in [0, 0.1) is 0 Å². The molecule has 1 unspecified atom stereocenters. The second kappa shape index (κ2) is 9.56. The van der Waals surface area contributed by atoms with Gasteiger partial charge in [0.25, 0.3) is 5.91 Å². The quantitative estimate of drug-likeness (QED) is 0.408. The van der Waals surface area contributed by atoms with E-state index in [9.17, 15) is 9.59 Å². The minimum Gasteiger partial charge on any atom is -0.493 e. The average Bonchev–Trinajstić information content (AvgIpc) is 3.22. The van der Waals surface area contributed by atoms with Crippen molar-refractivity contribution >= 4 is 22.7 Å². The summed E-state index contributed by atoms with van der Waals surface area (Å²) in [7, 11) is 3.06. The van der Waals surface area contributed by atoms with Gasteiger partial charge in [0.2, 0.25) is 0 Å². The molecule has 0 bridgehead atoms. The molecule has 1 N–H and O–H groups in total. The van der Waals surface area contributed by atoms with Crippen molar-refractivity contribution in [2.75, 3.05) is 14.2 Å². The largest absolute Gasteiger partial charge is 0.493 e. The van der Waals surface area contributed by atoms with Crippen molar-refractivity contribution in [1.29, 1.82) is 0 Å². The fourth-order valence-electron chi connectivity index (χ4n) is 3.77. The van der Waals surface area contributed by atoms with Crippen LogP contribution in [-0.4, -0.2) is 35.5 Å². The summed E-state index contributed by atoms with van der Waals surface area (Å²) in [5, 5.41) is 2.99. The first kappa shape index (κ1) is 22.1. The number of fused-ring (bicyclic) bond motifs is 1. The van der Waals surface area contributed by atoms with Gasteiger partial charge < -0.3 is 19.4 Å². The molecular weight excluding hydrogens is 418 g/mol. The lowest BCUT2D eigenvalue weighted by atomic mass is 10.1. The Labute approximate surface area is 192 Å². The first-order valence-corrected chi connectivity index (χ1v) is 10.6. The molecule has 0 aliphatic rings. The van der Waals surface area contributed by atoms with Gasteiger partial charge in [-0.3, -0.25) is 9.59 Å². The van der Waals surface area contributed by atoms with Crippen molar-refractivity contribution in [2.24, 2.45) is 0 Å². The molecule has 0 fully saturated rings. The number of Topliss-reactive ketones (excluding diaryl/α,β-unsaturated/α-hetero) is 1. The standard InChI is InChI=1S/C26H25N3O4/c1-17(27-26(31)19-13-14-23(32-2)24(15-19)33-3)25-28-20-11-7-8-12-21(20)29(25)16-22(30)18-9-5-4-6-10-18/h4-15,17H,16H2,1-3H3,(H,27,31). The Balaban J connectivity index is 1.63. The first-order valence-electron chi connectivity index (χ1n) is 10.6. The average molecular weight is 444 g/mol. The van der Waals surface area contributed by atoms with Crippen LogP contribution in [0.15, 0.2) is 72.8 Å². The van der Waals surface area contributed by atoms with Crippen molar-refractivity contribution in [3.05, 3.63) is 89.7 Å². The summed E-state index contributed by atoms with van der Waals surface area (Å²) in [4.78, 5) is 30.6. The number of hydrogen-bond donors (Lipinski definition) is 1. The molecule has 0 aliphatic heterocycles. The fourth-order valence-corrected chi connectivity index (χ4v) is 3.77. The smallest absolute Gasteiger partial charge is 0.251 e. The molecule has 0 aliphatic carbocycles. The van der Waals surface area contributed by atoms with E-state index in [1.54, 1.807) is 37.4 Å². The van der Waals surface area contributed by atoms with E-state index in [2.05, 4.69) is 5.32 Å². The highest BCUT2D eigenvalue weighted by molar-refractivity contribution is 5.97. The van der Waals surface area contributed by atoms with E-state index >= 15 is 0 Å². The van der Waals surface area contributed by atoms with Crippen LogP contribution >= 0.6 is 0 Å². The van der Waals surface area contributed by atoms with E-state index in [-0.39, 0.29) is 18.2 Å². The van der Waals surface area contributed by atoms with Crippen LogP contribution < -0.4 is 14.8 Å². The number of carbonyl (C=O) groups excluding carboxylic acids is 2. The summed E-state index contributed by atoms with van der Waals surface area (Å²) in [5.74, 6) is 1.31. The third kappa shape index (κ3) is 4.57. The Morgan fingerprint density at radius 1 is 0.909 bits per heavy atom. The summed E-state index contributed by atoms with van der Waals surface area (Å²) in [6.07, 6.45) is 0. The summed E-state index contributed by atoms with van der Waals surface area (Å²) >= 11 is 0. The minimum atomic E-state index is -0.443. The molecular formula is C26H25N3O4. The number of ether oxygens (including phenoxy) is 2. The lowest BCUT2D eigenvalue weighted by Crippen LogP contribution is -2.29. The van der Waals surface area contributed by atoms with Crippen molar-refractivity contribution in [2.45, 2.75) is 19.5 Å². The zero-order valence-electron chi connectivity index (χ0n) is 18.7. The van der Waals surface area contributed by atoms with E-state index in [0.29, 0.717) is 28.5 Å². The predicted octanol–water partition coefficient (Wildman–Crippen LogP) is 4.43. The number of nitrogens with one attached hydrogen (secondary N) is 1. The van der Waals surface area contributed by atoms with Gasteiger partial charge in [-0.25, -0.2) is 4.98 Å². The molecule has 1 aromatic heterocycles. The number of ketones is 1. The molecule has 168 valence electrons. The lowest BCUT2D eigenvalue weighted by molar-refractivity contribution is 0.0937. The van der Waals surface area contributed by atoms with Gasteiger partial charge in [-0.2, -0.15) is 0 Å². The van der Waals surface area contributed by atoms with Crippen LogP contribution in [-0.2, 0) is 6.54 Å². The molecule has 3 aromatic carbocycles. The van der Waals surface area contributed by atoms with Crippen LogP contribution in [0.3, 0.4) is 0 Å². The summed E-state index contributed by atoms with van der Waals surface area (Å²) in [6.45, 7) is 1.97. The van der Waals surface area contributed by atoms with Crippen molar-refractivity contribution < 1.29 is 19.1 Å². The van der Waals surface area contributed by atoms with Gasteiger partial charge in [-0.1, -0.05) is 42.5 Å². The molecule has 1 heterocycles. The van der Waals surface area contributed by atoms with E-state index in [4.69, 9.17) is 14.5 Å². The maximum atomic E-state index is 13.0. The second-order valence-corrected chi connectivity index (χ2v) is 7.60. The van der Waals surface area contributed by atoms with Crippen LogP contribution in [0.1, 0.15) is 39.5 Å². The number of benzene rings is 3. The normalized spacial score (nSPS) is 11.7. The third-order valence-electron chi connectivity index (χ3n) is 5.46.